The molecule has 1 unspecified atom stereocenters. The fourth-order valence-electron chi connectivity index (χ4n) is 1.90. The fourth-order valence-corrected chi connectivity index (χ4v) is 2.08. The molecule has 0 radical (unpaired) electrons. The van der Waals surface area contributed by atoms with Crippen molar-refractivity contribution in [3.8, 4) is 11.5 Å². The Morgan fingerprint density at radius 3 is 2.73 bits per heavy atom. The van der Waals surface area contributed by atoms with Crippen LogP contribution in [0.25, 0.3) is 0 Å². The monoisotopic (exact) mass is 319 g/mol. The predicted octanol–water partition coefficient (Wildman–Crippen LogP) is 3.43. The second-order valence-electron chi connectivity index (χ2n) is 4.76. The van der Waals surface area contributed by atoms with Crippen molar-refractivity contribution in [1.29, 1.82) is 0 Å². The lowest BCUT2D eigenvalue weighted by molar-refractivity contribution is -0.127. The molecule has 0 saturated heterocycles. The summed E-state index contributed by atoms with van der Waals surface area (Å²) in [5.41, 5.74) is 0.956. The van der Waals surface area contributed by atoms with Gasteiger partial charge in [-0.05, 0) is 36.8 Å². The lowest BCUT2D eigenvalue weighted by Crippen LogP contribution is -2.35. The number of hydrogen-bond donors (Lipinski definition) is 1. The average molecular weight is 320 g/mol. The smallest absolute Gasteiger partial charge is 0.261 e. The summed E-state index contributed by atoms with van der Waals surface area (Å²) in [4.78, 5) is 12.1. The zero-order chi connectivity index (χ0) is 15.9. The molecule has 5 heteroatoms. The number of amides is 1. The molecule has 2 aromatic rings. The first-order valence-electron chi connectivity index (χ1n) is 6.92. The van der Waals surface area contributed by atoms with Gasteiger partial charge in [0.1, 0.15) is 11.5 Å². The molecule has 1 amide bonds. The van der Waals surface area contributed by atoms with Crippen LogP contribution in [0.4, 0.5) is 0 Å². The molecule has 1 N–H and O–H groups in total. The lowest BCUT2D eigenvalue weighted by atomic mass is 10.2. The Morgan fingerprint density at radius 2 is 2.00 bits per heavy atom. The van der Waals surface area contributed by atoms with Gasteiger partial charge < -0.3 is 14.8 Å². The number of carbonyl (C=O) groups excluding carboxylic acids is 1. The van der Waals surface area contributed by atoms with E-state index in [-0.39, 0.29) is 5.91 Å². The van der Waals surface area contributed by atoms with Gasteiger partial charge in [0.15, 0.2) is 6.10 Å². The maximum atomic E-state index is 12.1. The molecule has 0 aliphatic heterocycles. The highest BCUT2D eigenvalue weighted by atomic mass is 35.5. The average Bonchev–Trinajstić information content (AvgIpc) is 2.54. The number of hydrogen-bond acceptors (Lipinski definition) is 3. The summed E-state index contributed by atoms with van der Waals surface area (Å²) >= 11 is 6.01. The molecule has 0 saturated carbocycles. The van der Waals surface area contributed by atoms with Crippen LogP contribution < -0.4 is 14.8 Å². The number of rotatable bonds is 6. The number of methoxy groups -OCH3 is 1. The van der Waals surface area contributed by atoms with Gasteiger partial charge in [-0.25, -0.2) is 0 Å². The summed E-state index contributed by atoms with van der Waals surface area (Å²) < 4.78 is 10.7. The van der Waals surface area contributed by atoms with E-state index >= 15 is 0 Å². The number of carbonyl (C=O) groups is 1. The van der Waals surface area contributed by atoms with Crippen molar-refractivity contribution in [3.05, 3.63) is 59.1 Å². The zero-order valence-corrected chi connectivity index (χ0v) is 13.3. The van der Waals surface area contributed by atoms with Gasteiger partial charge in [-0.3, -0.25) is 4.79 Å². The Labute approximate surface area is 135 Å². The maximum absolute atomic E-state index is 12.1. The number of nitrogens with one attached hydrogen (secondary N) is 1. The predicted molar refractivity (Wildman–Crippen MR) is 86.4 cm³/mol. The molecule has 0 aromatic heterocycles. The van der Waals surface area contributed by atoms with Crippen molar-refractivity contribution >= 4 is 17.5 Å². The Hall–Kier alpha value is -2.20. The molecule has 2 rings (SSSR count). The molecule has 0 heterocycles. The van der Waals surface area contributed by atoms with Crippen LogP contribution >= 0.6 is 11.6 Å². The summed E-state index contributed by atoms with van der Waals surface area (Å²) in [7, 11) is 1.61. The normalized spacial score (nSPS) is 11.6. The first kappa shape index (κ1) is 16.2. The van der Waals surface area contributed by atoms with E-state index in [2.05, 4.69) is 5.32 Å². The zero-order valence-electron chi connectivity index (χ0n) is 12.5. The molecular formula is C17H18ClNO3. The minimum absolute atomic E-state index is 0.206. The van der Waals surface area contributed by atoms with Crippen molar-refractivity contribution in [2.75, 3.05) is 7.11 Å². The summed E-state index contributed by atoms with van der Waals surface area (Å²) in [6.07, 6.45) is -0.634. The largest absolute Gasteiger partial charge is 0.497 e. The van der Waals surface area contributed by atoms with Crippen LogP contribution in [-0.4, -0.2) is 19.1 Å². The first-order chi connectivity index (χ1) is 10.6. The van der Waals surface area contributed by atoms with E-state index < -0.39 is 6.10 Å². The third-order valence-corrected chi connectivity index (χ3v) is 3.42. The second kappa shape index (κ2) is 7.71. The molecular weight excluding hydrogens is 302 g/mol. The quantitative estimate of drug-likeness (QED) is 0.887. The van der Waals surface area contributed by atoms with E-state index in [9.17, 15) is 4.79 Å². The van der Waals surface area contributed by atoms with Gasteiger partial charge in [0.05, 0.1) is 12.1 Å². The molecule has 116 valence electrons. The van der Waals surface area contributed by atoms with Crippen LogP contribution in [0.15, 0.2) is 48.5 Å². The first-order valence-corrected chi connectivity index (χ1v) is 7.30. The Kier molecular flexibility index (Phi) is 5.67. The minimum atomic E-state index is -0.634. The molecule has 4 nitrogen and oxygen atoms in total. The molecule has 0 fully saturated rings. The Morgan fingerprint density at radius 1 is 1.23 bits per heavy atom. The SMILES string of the molecule is COc1cccc(CNC(=O)C(C)Oc2ccccc2Cl)c1. The Bertz CT molecular complexity index is 645. The second-order valence-corrected chi connectivity index (χ2v) is 5.17. The third-order valence-electron chi connectivity index (χ3n) is 3.11. The fraction of sp³-hybridized carbons (Fsp3) is 0.235. The van der Waals surface area contributed by atoms with Gasteiger partial charge in [0, 0.05) is 6.54 Å². The van der Waals surface area contributed by atoms with E-state index in [1.807, 2.05) is 36.4 Å². The maximum Gasteiger partial charge on any atom is 0.261 e. The van der Waals surface area contributed by atoms with Crippen LogP contribution in [-0.2, 0) is 11.3 Å². The topological polar surface area (TPSA) is 47.6 Å². The van der Waals surface area contributed by atoms with E-state index in [0.29, 0.717) is 17.3 Å². The molecule has 0 aliphatic rings. The summed E-state index contributed by atoms with van der Waals surface area (Å²) in [6, 6.07) is 14.6. The van der Waals surface area contributed by atoms with E-state index in [4.69, 9.17) is 21.1 Å². The number of halogens is 1. The summed E-state index contributed by atoms with van der Waals surface area (Å²) in [5, 5.41) is 3.31. The van der Waals surface area contributed by atoms with Gasteiger partial charge in [-0.1, -0.05) is 35.9 Å². The number of benzene rings is 2. The van der Waals surface area contributed by atoms with Gasteiger partial charge >= 0.3 is 0 Å². The van der Waals surface area contributed by atoms with Gasteiger partial charge in [0.25, 0.3) is 5.91 Å². The molecule has 0 bridgehead atoms. The highest BCUT2D eigenvalue weighted by molar-refractivity contribution is 6.32. The third kappa shape index (κ3) is 4.40. The molecule has 0 spiro atoms. The van der Waals surface area contributed by atoms with Crippen molar-refractivity contribution < 1.29 is 14.3 Å². The molecule has 0 aliphatic carbocycles. The molecule has 1 atom stereocenters. The Balaban J connectivity index is 1.90. The van der Waals surface area contributed by atoms with Gasteiger partial charge in [-0.2, -0.15) is 0 Å². The molecule has 2 aromatic carbocycles. The summed E-state index contributed by atoms with van der Waals surface area (Å²) in [6.45, 7) is 2.09. The number of ether oxygens (including phenoxy) is 2. The van der Waals surface area contributed by atoms with Crippen molar-refractivity contribution in [1.82, 2.24) is 5.32 Å². The highest BCUT2D eigenvalue weighted by Gasteiger charge is 2.15. The van der Waals surface area contributed by atoms with Gasteiger partial charge in [0.2, 0.25) is 0 Å². The van der Waals surface area contributed by atoms with Crippen molar-refractivity contribution in [2.45, 2.75) is 19.6 Å². The highest BCUT2D eigenvalue weighted by Crippen LogP contribution is 2.24. The molecule has 22 heavy (non-hydrogen) atoms. The van der Waals surface area contributed by atoms with Crippen molar-refractivity contribution in [2.24, 2.45) is 0 Å². The van der Waals surface area contributed by atoms with Crippen LogP contribution in [0.1, 0.15) is 12.5 Å². The van der Waals surface area contributed by atoms with Crippen LogP contribution in [0.5, 0.6) is 11.5 Å². The van der Waals surface area contributed by atoms with E-state index in [1.54, 1.807) is 26.2 Å². The van der Waals surface area contributed by atoms with Crippen LogP contribution in [0.3, 0.4) is 0 Å². The van der Waals surface area contributed by atoms with Crippen LogP contribution in [0, 0.1) is 0 Å². The minimum Gasteiger partial charge on any atom is -0.497 e. The summed E-state index contributed by atoms with van der Waals surface area (Å²) in [5.74, 6) is 1.04. The van der Waals surface area contributed by atoms with Gasteiger partial charge in [-0.15, -0.1) is 0 Å². The van der Waals surface area contributed by atoms with E-state index in [0.717, 1.165) is 11.3 Å². The lowest BCUT2D eigenvalue weighted by Gasteiger charge is -2.15. The standard InChI is InChI=1S/C17H18ClNO3/c1-12(22-16-9-4-3-8-15(16)18)17(20)19-11-13-6-5-7-14(10-13)21-2/h3-10,12H,11H2,1-2H3,(H,19,20). The van der Waals surface area contributed by atoms with Crippen LogP contribution in [0.2, 0.25) is 5.02 Å². The number of para-hydroxylation sites is 1. The van der Waals surface area contributed by atoms with E-state index in [1.165, 1.54) is 0 Å². The van der Waals surface area contributed by atoms with Crippen molar-refractivity contribution in [3.63, 3.8) is 0 Å².